The van der Waals surface area contributed by atoms with Crippen molar-refractivity contribution in [1.82, 2.24) is 0 Å². The van der Waals surface area contributed by atoms with Crippen LogP contribution in [0.15, 0.2) is 0 Å². The number of ether oxygens (including phenoxy) is 3. The molecule has 7 nitrogen and oxygen atoms in total. The summed E-state index contributed by atoms with van der Waals surface area (Å²) in [6.45, 7) is 1.70. The van der Waals surface area contributed by atoms with E-state index in [1.54, 1.807) is 7.11 Å². The summed E-state index contributed by atoms with van der Waals surface area (Å²) in [7, 11) is -1.52. The lowest BCUT2D eigenvalue weighted by Gasteiger charge is -2.11. The van der Waals surface area contributed by atoms with Gasteiger partial charge in [0.25, 0.3) is 0 Å². The summed E-state index contributed by atoms with van der Waals surface area (Å²) >= 11 is 0. The van der Waals surface area contributed by atoms with Crippen LogP contribution in [0.1, 0.15) is 12.8 Å². The van der Waals surface area contributed by atoms with Crippen LogP contribution in [0.25, 0.3) is 0 Å². The fraction of sp³-hybridized carbons (Fsp3) is 0.909. The molecule has 19 heavy (non-hydrogen) atoms. The Labute approximate surface area is 114 Å². The van der Waals surface area contributed by atoms with Gasteiger partial charge in [-0.1, -0.05) is 0 Å². The number of carbonyl (C=O) groups excluding carboxylic acids is 1. The van der Waals surface area contributed by atoms with E-state index >= 15 is 0 Å². The summed E-state index contributed by atoms with van der Waals surface area (Å²) in [5.74, 6) is -0.704. The molecule has 0 rings (SSSR count). The topological polar surface area (TPSA) is 105 Å². The molecule has 2 N–H and O–H groups in total. The van der Waals surface area contributed by atoms with Gasteiger partial charge in [-0.2, -0.15) is 0 Å². The molecule has 0 saturated carbocycles. The van der Waals surface area contributed by atoms with E-state index in [-0.39, 0.29) is 18.8 Å². The predicted octanol–water partition coefficient (Wildman–Crippen LogP) is -0.655. The van der Waals surface area contributed by atoms with Gasteiger partial charge in [-0.05, 0) is 6.42 Å². The van der Waals surface area contributed by atoms with E-state index in [1.165, 1.54) is 0 Å². The monoisotopic (exact) mass is 297 g/mol. The number of hydrogen-bond acceptors (Lipinski definition) is 7. The third kappa shape index (κ3) is 12.1. The SMILES string of the molecule is COCCOCCCOC(=O)C(N)CCS(C)(=O)=O. The van der Waals surface area contributed by atoms with E-state index < -0.39 is 21.8 Å². The number of nitrogens with two attached hydrogens (primary N) is 1. The molecule has 8 heteroatoms. The van der Waals surface area contributed by atoms with Gasteiger partial charge in [0.15, 0.2) is 0 Å². The molecule has 0 saturated heterocycles. The van der Waals surface area contributed by atoms with Crippen molar-refractivity contribution in [3.05, 3.63) is 0 Å². The fourth-order valence-electron chi connectivity index (χ4n) is 1.14. The molecule has 1 atom stereocenters. The first-order valence-electron chi connectivity index (χ1n) is 6.03. The van der Waals surface area contributed by atoms with Crippen LogP contribution in [0, 0.1) is 0 Å². The number of rotatable bonds is 11. The molecule has 0 bridgehead atoms. The summed E-state index contributed by atoms with van der Waals surface area (Å²) in [6.07, 6.45) is 1.73. The first-order chi connectivity index (χ1) is 8.87. The summed E-state index contributed by atoms with van der Waals surface area (Å²) in [4.78, 5) is 11.4. The van der Waals surface area contributed by atoms with Crippen LogP contribution in [0.4, 0.5) is 0 Å². The maximum atomic E-state index is 11.4. The Bertz CT molecular complexity index is 343. The van der Waals surface area contributed by atoms with Crippen LogP contribution >= 0.6 is 0 Å². The number of esters is 1. The second-order valence-electron chi connectivity index (χ2n) is 4.15. The largest absolute Gasteiger partial charge is 0.464 e. The lowest BCUT2D eigenvalue weighted by atomic mass is 10.2. The lowest BCUT2D eigenvalue weighted by Crippen LogP contribution is -2.34. The number of sulfone groups is 1. The third-order valence-corrected chi connectivity index (χ3v) is 3.19. The van der Waals surface area contributed by atoms with Crippen molar-refractivity contribution in [1.29, 1.82) is 0 Å². The third-order valence-electron chi connectivity index (χ3n) is 2.21. The van der Waals surface area contributed by atoms with Crippen LogP contribution in [-0.4, -0.2) is 66.0 Å². The number of hydrogen-bond donors (Lipinski definition) is 1. The van der Waals surface area contributed by atoms with Gasteiger partial charge in [-0.3, -0.25) is 4.79 Å². The van der Waals surface area contributed by atoms with E-state index in [4.69, 9.17) is 19.9 Å². The molecule has 0 amide bonds. The average molecular weight is 297 g/mol. The highest BCUT2D eigenvalue weighted by atomic mass is 32.2. The van der Waals surface area contributed by atoms with Crippen LogP contribution in [0.5, 0.6) is 0 Å². The molecule has 114 valence electrons. The van der Waals surface area contributed by atoms with Gasteiger partial charge in [-0.15, -0.1) is 0 Å². The second-order valence-corrected chi connectivity index (χ2v) is 6.41. The van der Waals surface area contributed by atoms with Gasteiger partial charge in [0.1, 0.15) is 15.9 Å². The summed E-state index contributed by atoms with van der Waals surface area (Å²) in [5.41, 5.74) is 5.52. The van der Waals surface area contributed by atoms with E-state index in [0.717, 1.165) is 6.26 Å². The van der Waals surface area contributed by atoms with Crippen molar-refractivity contribution >= 4 is 15.8 Å². The highest BCUT2D eigenvalue weighted by Gasteiger charge is 2.17. The quantitative estimate of drug-likeness (QED) is 0.399. The normalized spacial score (nSPS) is 13.2. The highest BCUT2D eigenvalue weighted by molar-refractivity contribution is 7.90. The van der Waals surface area contributed by atoms with E-state index in [2.05, 4.69) is 0 Å². The molecule has 0 fully saturated rings. The minimum Gasteiger partial charge on any atom is -0.464 e. The van der Waals surface area contributed by atoms with Crippen molar-refractivity contribution in [3.63, 3.8) is 0 Å². The number of methoxy groups -OCH3 is 1. The Kier molecular flexibility index (Phi) is 9.76. The van der Waals surface area contributed by atoms with Crippen LogP contribution in [-0.2, 0) is 28.8 Å². The zero-order valence-electron chi connectivity index (χ0n) is 11.5. The Morgan fingerprint density at radius 2 is 1.89 bits per heavy atom. The van der Waals surface area contributed by atoms with Gasteiger partial charge in [0.2, 0.25) is 0 Å². The van der Waals surface area contributed by atoms with Gasteiger partial charge in [0.05, 0.1) is 25.6 Å². The van der Waals surface area contributed by atoms with E-state index in [0.29, 0.717) is 26.2 Å². The zero-order chi connectivity index (χ0) is 14.7. The summed E-state index contributed by atoms with van der Waals surface area (Å²) < 4.78 is 36.7. The summed E-state index contributed by atoms with van der Waals surface area (Å²) in [5, 5.41) is 0. The Morgan fingerprint density at radius 3 is 2.47 bits per heavy atom. The summed E-state index contributed by atoms with van der Waals surface area (Å²) in [6, 6.07) is -0.899. The molecule has 0 aromatic heterocycles. The Morgan fingerprint density at radius 1 is 1.21 bits per heavy atom. The number of carbonyl (C=O) groups is 1. The maximum absolute atomic E-state index is 11.4. The molecular weight excluding hydrogens is 274 g/mol. The molecule has 0 aliphatic heterocycles. The minimum absolute atomic E-state index is 0.0714. The molecule has 0 heterocycles. The Hall–Kier alpha value is -0.700. The van der Waals surface area contributed by atoms with Crippen molar-refractivity contribution < 1.29 is 27.4 Å². The Balaban J connectivity index is 3.57. The molecule has 0 spiro atoms. The van der Waals surface area contributed by atoms with Gasteiger partial charge < -0.3 is 19.9 Å². The molecule has 0 aliphatic carbocycles. The molecule has 0 aromatic carbocycles. The zero-order valence-corrected chi connectivity index (χ0v) is 12.3. The smallest absolute Gasteiger partial charge is 0.322 e. The van der Waals surface area contributed by atoms with Gasteiger partial charge in [-0.25, -0.2) is 8.42 Å². The van der Waals surface area contributed by atoms with Crippen molar-refractivity contribution in [3.8, 4) is 0 Å². The van der Waals surface area contributed by atoms with E-state index in [9.17, 15) is 13.2 Å². The van der Waals surface area contributed by atoms with Crippen molar-refractivity contribution in [2.24, 2.45) is 5.73 Å². The van der Waals surface area contributed by atoms with Gasteiger partial charge >= 0.3 is 5.97 Å². The highest BCUT2D eigenvalue weighted by Crippen LogP contribution is 1.97. The first kappa shape index (κ1) is 18.3. The minimum atomic E-state index is -3.11. The molecule has 0 aromatic rings. The molecular formula is C11H23NO6S. The first-order valence-corrected chi connectivity index (χ1v) is 8.09. The van der Waals surface area contributed by atoms with Crippen LogP contribution in [0.2, 0.25) is 0 Å². The molecule has 0 radical (unpaired) electrons. The van der Waals surface area contributed by atoms with Crippen molar-refractivity contribution in [2.45, 2.75) is 18.9 Å². The van der Waals surface area contributed by atoms with E-state index in [1.807, 2.05) is 0 Å². The van der Waals surface area contributed by atoms with Crippen LogP contribution < -0.4 is 5.73 Å². The molecule has 1 unspecified atom stereocenters. The average Bonchev–Trinajstić information content (AvgIpc) is 2.33. The second kappa shape index (κ2) is 10.1. The van der Waals surface area contributed by atoms with Crippen LogP contribution in [0.3, 0.4) is 0 Å². The standard InChI is InChI=1S/C11H23NO6S/c1-16-7-8-17-5-3-6-18-11(13)10(12)4-9-19(2,14)15/h10H,3-9,12H2,1-2H3. The fourth-order valence-corrected chi connectivity index (χ4v) is 1.83. The predicted molar refractivity (Wildman–Crippen MR) is 70.6 cm³/mol. The van der Waals surface area contributed by atoms with Gasteiger partial charge in [0, 0.05) is 26.4 Å². The maximum Gasteiger partial charge on any atom is 0.322 e. The molecule has 0 aliphatic rings. The lowest BCUT2D eigenvalue weighted by molar-refractivity contribution is -0.145. The van der Waals surface area contributed by atoms with Crippen molar-refractivity contribution in [2.75, 3.05) is 45.5 Å².